The van der Waals surface area contributed by atoms with Gasteiger partial charge in [-0.1, -0.05) is 23.2 Å². The van der Waals surface area contributed by atoms with Crippen molar-refractivity contribution < 1.29 is 9.69 Å². The SMILES string of the molecule is CC(C)[NH+]1CC=C(NNC(=O)c2ccc(Cl)cc2Cl)CC1. The maximum Gasteiger partial charge on any atom is 0.271 e. The first kappa shape index (κ1) is 16.1. The Morgan fingerprint density at radius 1 is 1.33 bits per heavy atom. The molecular weight excluding hydrogens is 309 g/mol. The molecule has 1 unspecified atom stereocenters. The van der Waals surface area contributed by atoms with Crippen LogP contribution in [0.25, 0.3) is 0 Å². The number of rotatable bonds is 4. The monoisotopic (exact) mass is 328 g/mol. The van der Waals surface area contributed by atoms with E-state index in [1.807, 2.05) is 0 Å². The highest BCUT2D eigenvalue weighted by molar-refractivity contribution is 6.36. The highest BCUT2D eigenvalue weighted by Crippen LogP contribution is 2.20. The molecule has 0 aromatic heterocycles. The van der Waals surface area contributed by atoms with Gasteiger partial charge in [0.05, 0.1) is 29.7 Å². The molecule has 1 aliphatic rings. The lowest BCUT2D eigenvalue weighted by atomic mass is 10.1. The summed E-state index contributed by atoms with van der Waals surface area (Å²) in [6.45, 7) is 6.46. The van der Waals surface area contributed by atoms with E-state index < -0.39 is 0 Å². The summed E-state index contributed by atoms with van der Waals surface area (Å²) < 4.78 is 0. The van der Waals surface area contributed by atoms with Crippen molar-refractivity contribution in [1.82, 2.24) is 10.9 Å². The normalized spacial score (nSPS) is 18.3. The Labute approximate surface area is 135 Å². The van der Waals surface area contributed by atoms with Gasteiger partial charge in [0, 0.05) is 17.1 Å². The zero-order valence-electron chi connectivity index (χ0n) is 12.2. The number of carbonyl (C=O) groups is 1. The Kier molecular flexibility index (Phi) is 5.51. The van der Waals surface area contributed by atoms with Gasteiger partial charge in [-0.3, -0.25) is 10.2 Å². The van der Waals surface area contributed by atoms with Crippen molar-refractivity contribution in [1.29, 1.82) is 0 Å². The molecule has 3 N–H and O–H groups in total. The molecule has 0 saturated carbocycles. The summed E-state index contributed by atoms with van der Waals surface area (Å²) in [7, 11) is 0. The molecule has 4 nitrogen and oxygen atoms in total. The van der Waals surface area contributed by atoms with E-state index in [4.69, 9.17) is 23.2 Å². The number of benzene rings is 1. The first-order chi connectivity index (χ1) is 9.97. The van der Waals surface area contributed by atoms with Crippen LogP contribution in [0.1, 0.15) is 30.6 Å². The fourth-order valence-electron chi connectivity index (χ4n) is 2.27. The molecule has 0 bridgehead atoms. The standard InChI is InChI=1S/C15H19Cl2N3O/c1-10(2)20-7-5-12(6-8-20)18-19-15(21)13-4-3-11(16)9-14(13)17/h3-5,9-10,18H,6-8H2,1-2H3,(H,19,21)/p+1. The van der Waals surface area contributed by atoms with E-state index in [2.05, 4.69) is 30.8 Å². The fraction of sp³-hybridized carbons (Fsp3) is 0.400. The smallest absolute Gasteiger partial charge is 0.271 e. The van der Waals surface area contributed by atoms with Gasteiger partial charge in [0.15, 0.2) is 0 Å². The van der Waals surface area contributed by atoms with Crippen molar-refractivity contribution in [2.45, 2.75) is 26.3 Å². The molecule has 1 amide bonds. The second kappa shape index (κ2) is 7.16. The molecule has 114 valence electrons. The number of hydrogen-bond acceptors (Lipinski definition) is 2. The molecule has 0 fully saturated rings. The Morgan fingerprint density at radius 2 is 2.10 bits per heavy atom. The van der Waals surface area contributed by atoms with E-state index >= 15 is 0 Å². The zero-order chi connectivity index (χ0) is 15.4. The maximum atomic E-state index is 12.1. The van der Waals surface area contributed by atoms with Crippen molar-refractivity contribution in [3.63, 3.8) is 0 Å². The second-order valence-corrected chi connectivity index (χ2v) is 6.29. The maximum absolute atomic E-state index is 12.1. The van der Waals surface area contributed by atoms with E-state index in [9.17, 15) is 4.79 Å². The fourth-order valence-corrected chi connectivity index (χ4v) is 2.76. The minimum Gasteiger partial charge on any atom is -0.329 e. The quantitative estimate of drug-likeness (QED) is 0.738. The summed E-state index contributed by atoms with van der Waals surface area (Å²) in [6.07, 6.45) is 3.05. The lowest BCUT2D eigenvalue weighted by Crippen LogP contribution is -3.15. The van der Waals surface area contributed by atoms with Gasteiger partial charge in [-0.15, -0.1) is 0 Å². The second-order valence-electron chi connectivity index (χ2n) is 5.45. The van der Waals surface area contributed by atoms with E-state index in [0.29, 0.717) is 21.7 Å². The number of amides is 1. The van der Waals surface area contributed by atoms with E-state index in [1.165, 1.54) is 0 Å². The van der Waals surface area contributed by atoms with Gasteiger partial charge in [-0.2, -0.15) is 0 Å². The predicted octanol–water partition coefficient (Wildman–Crippen LogP) is 1.81. The minimum absolute atomic E-state index is 0.267. The van der Waals surface area contributed by atoms with Gasteiger partial charge in [0.25, 0.3) is 5.91 Å². The highest BCUT2D eigenvalue weighted by Gasteiger charge is 2.18. The van der Waals surface area contributed by atoms with E-state index in [1.54, 1.807) is 23.1 Å². The van der Waals surface area contributed by atoms with Gasteiger partial charge < -0.3 is 10.3 Å². The van der Waals surface area contributed by atoms with Crippen LogP contribution >= 0.6 is 23.2 Å². The third kappa shape index (κ3) is 4.37. The average molecular weight is 329 g/mol. The minimum atomic E-state index is -0.267. The number of halogens is 2. The van der Waals surface area contributed by atoms with Crippen LogP contribution in [-0.2, 0) is 0 Å². The first-order valence-corrected chi connectivity index (χ1v) is 7.78. The summed E-state index contributed by atoms with van der Waals surface area (Å²) in [5.74, 6) is -0.267. The van der Waals surface area contributed by atoms with Crippen LogP contribution in [0.2, 0.25) is 10.0 Å². The van der Waals surface area contributed by atoms with Crippen molar-refractivity contribution >= 4 is 29.1 Å². The molecule has 0 aliphatic carbocycles. The molecule has 0 saturated heterocycles. The van der Waals surface area contributed by atoms with Gasteiger partial charge in [-0.05, 0) is 38.1 Å². The number of quaternary nitrogens is 1. The van der Waals surface area contributed by atoms with Gasteiger partial charge in [-0.25, -0.2) is 0 Å². The summed E-state index contributed by atoms with van der Waals surface area (Å²) >= 11 is 11.8. The molecule has 0 spiro atoms. The Hall–Kier alpha value is -1.23. The average Bonchev–Trinajstić information content (AvgIpc) is 2.45. The molecule has 1 heterocycles. The molecule has 21 heavy (non-hydrogen) atoms. The topological polar surface area (TPSA) is 45.6 Å². The van der Waals surface area contributed by atoms with Gasteiger partial charge in [0.2, 0.25) is 0 Å². The Morgan fingerprint density at radius 3 is 2.67 bits per heavy atom. The highest BCUT2D eigenvalue weighted by atomic mass is 35.5. The van der Waals surface area contributed by atoms with Crippen LogP contribution in [-0.4, -0.2) is 25.0 Å². The number of hydrazine groups is 1. The number of nitrogens with one attached hydrogen (secondary N) is 3. The Bertz CT molecular complexity index is 558. The van der Waals surface area contributed by atoms with Crippen LogP contribution in [0.3, 0.4) is 0 Å². The summed E-state index contributed by atoms with van der Waals surface area (Å²) in [5.41, 5.74) is 7.10. The molecule has 1 atom stereocenters. The summed E-state index contributed by atoms with van der Waals surface area (Å²) in [4.78, 5) is 13.6. The van der Waals surface area contributed by atoms with Crippen molar-refractivity contribution in [3.8, 4) is 0 Å². The number of carbonyl (C=O) groups excluding carboxylic acids is 1. The van der Waals surface area contributed by atoms with Crippen molar-refractivity contribution in [3.05, 3.63) is 45.6 Å². The third-order valence-corrected chi connectivity index (χ3v) is 4.20. The number of hydrogen-bond donors (Lipinski definition) is 3. The Balaban J connectivity index is 1.90. The first-order valence-electron chi connectivity index (χ1n) is 7.02. The molecule has 6 heteroatoms. The molecule has 1 aromatic rings. The molecule has 2 rings (SSSR count). The summed E-state index contributed by atoms with van der Waals surface area (Å²) in [6, 6.07) is 5.43. The van der Waals surface area contributed by atoms with Gasteiger partial charge in [0.1, 0.15) is 0 Å². The van der Waals surface area contributed by atoms with E-state index in [-0.39, 0.29) is 5.91 Å². The van der Waals surface area contributed by atoms with Gasteiger partial charge >= 0.3 is 0 Å². The lowest BCUT2D eigenvalue weighted by Gasteiger charge is -2.27. The van der Waals surface area contributed by atoms with Crippen molar-refractivity contribution in [2.24, 2.45) is 0 Å². The molecule has 1 aromatic carbocycles. The molecule has 0 radical (unpaired) electrons. The summed E-state index contributed by atoms with van der Waals surface area (Å²) in [5, 5.41) is 0.853. The van der Waals surface area contributed by atoms with Crippen LogP contribution in [0.5, 0.6) is 0 Å². The zero-order valence-corrected chi connectivity index (χ0v) is 13.7. The van der Waals surface area contributed by atoms with Crippen LogP contribution in [0.15, 0.2) is 30.0 Å². The molecular formula is C15H20Cl2N3O+. The van der Waals surface area contributed by atoms with E-state index in [0.717, 1.165) is 25.2 Å². The van der Waals surface area contributed by atoms with Crippen LogP contribution in [0, 0.1) is 0 Å². The third-order valence-electron chi connectivity index (χ3n) is 3.65. The van der Waals surface area contributed by atoms with Crippen LogP contribution in [0.4, 0.5) is 0 Å². The lowest BCUT2D eigenvalue weighted by molar-refractivity contribution is -0.917. The predicted molar refractivity (Wildman–Crippen MR) is 85.6 cm³/mol. The van der Waals surface area contributed by atoms with Crippen molar-refractivity contribution in [2.75, 3.05) is 13.1 Å². The largest absolute Gasteiger partial charge is 0.329 e. The van der Waals surface area contributed by atoms with Crippen LogP contribution < -0.4 is 15.8 Å². The molecule has 1 aliphatic heterocycles.